The molecule has 2 saturated heterocycles. The third-order valence-corrected chi connectivity index (χ3v) is 5.57. The Kier molecular flexibility index (Phi) is 5.91. The maximum absolute atomic E-state index is 12.5. The van der Waals surface area contributed by atoms with Gasteiger partial charge in [0.15, 0.2) is 0 Å². The van der Waals surface area contributed by atoms with Crippen LogP contribution in [-0.2, 0) is 11.3 Å². The van der Waals surface area contributed by atoms with Crippen LogP contribution in [0.15, 0.2) is 17.5 Å². The third-order valence-electron chi connectivity index (χ3n) is 4.71. The summed E-state index contributed by atoms with van der Waals surface area (Å²) in [5.41, 5.74) is 0. The number of ether oxygens (including phenoxy) is 1. The van der Waals surface area contributed by atoms with Crippen LogP contribution in [0.3, 0.4) is 0 Å². The normalized spacial score (nSPS) is 24.4. The second kappa shape index (κ2) is 8.13. The quantitative estimate of drug-likeness (QED) is 0.918. The van der Waals surface area contributed by atoms with Crippen LogP contribution in [0, 0.1) is 0 Å². The molecule has 1 aromatic heterocycles. The predicted octanol–water partition coefficient (Wildman–Crippen LogP) is 2.53. The zero-order valence-corrected chi connectivity index (χ0v) is 14.7. The molecule has 1 aromatic rings. The van der Waals surface area contributed by atoms with E-state index in [0.717, 1.165) is 58.6 Å². The predicted molar refractivity (Wildman–Crippen MR) is 92.8 cm³/mol. The minimum absolute atomic E-state index is 0.0611. The SMILES string of the molecule is CC(NC(=O)N1CCCN(Cc2cccs2)CC1)C1CCCO1. The third kappa shape index (κ3) is 4.68. The lowest BCUT2D eigenvalue weighted by Gasteiger charge is -2.26. The fraction of sp³-hybridized carbons (Fsp3) is 0.706. The summed E-state index contributed by atoms with van der Waals surface area (Å²) in [5, 5.41) is 5.25. The molecule has 6 heteroatoms. The van der Waals surface area contributed by atoms with Crippen LogP contribution in [-0.4, -0.2) is 60.8 Å². The molecular formula is C17H27N3O2S. The lowest BCUT2D eigenvalue weighted by molar-refractivity contribution is 0.0834. The van der Waals surface area contributed by atoms with Crippen molar-refractivity contribution in [3.8, 4) is 0 Å². The molecule has 1 N–H and O–H groups in total. The molecule has 0 aliphatic carbocycles. The summed E-state index contributed by atoms with van der Waals surface area (Å²) < 4.78 is 5.66. The Labute approximate surface area is 142 Å². The number of nitrogens with zero attached hydrogens (tertiary/aromatic N) is 2. The van der Waals surface area contributed by atoms with Gasteiger partial charge in [-0.05, 0) is 37.6 Å². The Morgan fingerprint density at radius 2 is 2.30 bits per heavy atom. The number of rotatable bonds is 4. The second-order valence-corrected chi connectivity index (χ2v) is 7.52. The molecule has 0 spiro atoms. The van der Waals surface area contributed by atoms with E-state index in [1.54, 1.807) is 11.3 Å². The first-order valence-electron chi connectivity index (χ1n) is 8.64. The van der Waals surface area contributed by atoms with Crippen LogP contribution >= 0.6 is 11.3 Å². The first-order valence-corrected chi connectivity index (χ1v) is 9.52. The van der Waals surface area contributed by atoms with Crippen LogP contribution in [0.25, 0.3) is 0 Å². The number of amides is 2. The molecule has 2 atom stereocenters. The maximum atomic E-state index is 12.5. The Hall–Kier alpha value is -1.11. The Balaban J connectivity index is 1.46. The topological polar surface area (TPSA) is 44.8 Å². The van der Waals surface area contributed by atoms with Gasteiger partial charge >= 0.3 is 6.03 Å². The van der Waals surface area contributed by atoms with E-state index in [2.05, 4.69) is 34.7 Å². The van der Waals surface area contributed by atoms with Crippen LogP contribution in [0.5, 0.6) is 0 Å². The molecule has 23 heavy (non-hydrogen) atoms. The summed E-state index contributed by atoms with van der Waals surface area (Å²) in [4.78, 5) is 18.3. The highest BCUT2D eigenvalue weighted by molar-refractivity contribution is 7.09. The van der Waals surface area contributed by atoms with Crippen LogP contribution in [0.2, 0.25) is 0 Å². The number of thiophene rings is 1. The van der Waals surface area contributed by atoms with Gasteiger partial charge in [0.05, 0.1) is 12.1 Å². The zero-order valence-electron chi connectivity index (χ0n) is 13.9. The number of nitrogens with one attached hydrogen (secondary N) is 1. The highest BCUT2D eigenvalue weighted by atomic mass is 32.1. The molecule has 0 bridgehead atoms. The van der Waals surface area contributed by atoms with E-state index in [-0.39, 0.29) is 18.2 Å². The van der Waals surface area contributed by atoms with Gasteiger partial charge in [0, 0.05) is 44.2 Å². The van der Waals surface area contributed by atoms with E-state index < -0.39 is 0 Å². The van der Waals surface area contributed by atoms with Gasteiger partial charge in [-0.15, -0.1) is 11.3 Å². The first kappa shape index (κ1) is 16.7. The van der Waals surface area contributed by atoms with Crippen LogP contribution < -0.4 is 5.32 Å². The van der Waals surface area contributed by atoms with E-state index in [4.69, 9.17) is 4.74 Å². The maximum Gasteiger partial charge on any atom is 0.317 e. The molecule has 128 valence electrons. The number of urea groups is 1. The first-order chi connectivity index (χ1) is 11.2. The monoisotopic (exact) mass is 337 g/mol. The van der Waals surface area contributed by atoms with Crippen molar-refractivity contribution >= 4 is 17.4 Å². The fourth-order valence-electron chi connectivity index (χ4n) is 3.33. The van der Waals surface area contributed by atoms with Crippen LogP contribution in [0.1, 0.15) is 31.1 Å². The van der Waals surface area contributed by atoms with Gasteiger partial charge in [-0.1, -0.05) is 6.07 Å². The number of carbonyl (C=O) groups excluding carboxylic acids is 1. The average molecular weight is 337 g/mol. The van der Waals surface area contributed by atoms with Crippen molar-refractivity contribution in [3.05, 3.63) is 22.4 Å². The molecule has 2 aliphatic heterocycles. The van der Waals surface area contributed by atoms with Gasteiger partial charge in [-0.3, -0.25) is 4.90 Å². The van der Waals surface area contributed by atoms with Gasteiger partial charge in [-0.2, -0.15) is 0 Å². The summed E-state index contributed by atoms with van der Waals surface area (Å²) >= 11 is 1.80. The minimum atomic E-state index is 0.0611. The summed E-state index contributed by atoms with van der Waals surface area (Å²) in [6.45, 7) is 7.52. The number of hydrogen-bond acceptors (Lipinski definition) is 4. The molecule has 2 amide bonds. The Morgan fingerprint density at radius 1 is 1.39 bits per heavy atom. The van der Waals surface area contributed by atoms with E-state index >= 15 is 0 Å². The molecule has 3 rings (SSSR count). The molecule has 0 saturated carbocycles. The molecule has 0 radical (unpaired) electrons. The summed E-state index contributed by atoms with van der Waals surface area (Å²) in [6, 6.07) is 4.44. The average Bonchev–Trinajstić information content (AvgIpc) is 3.19. The van der Waals surface area contributed by atoms with Crippen molar-refractivity contribution in [1.29, 1.82) is 0 Å². The van der Waals surface area contributed by atoms with E-state index in [9.17, 15) is 4.79 Å². The van der Waals surface area contributed by atoms with Gasteiger partial charge in [-0.25, -0.2) is 4.79 Å². The van der Waals surface area contributed by atoms with Gasteiger partial charge < -0.3 is 15.0 Å². The van der Waals surface area contributed by atoms with E-state index in [1.165, 1.54) is 4.88 Å². The molecule has 5 nitrogen and oxygen atoms in total. The largest absolute Gasteiger partial charge is 0.376 e. The van der Waals surface area contributed by atoms with Crippen molar-refractivity contribution in [2.75, 3.05) is 32.8 Å². The summed E-state index contributed by atoms with van der Waals surface area (Å²) in [6.07, 6.45) is 3.37. The molecule has 2 fully saturated rings. The molecule has 3 heterocycles. The lowest BCUT2D eigenvalue weighted by atomic mass is 10.1. The Bertz CT molecular complexity index is 488. The van der Waals surface area contributed by atoms with Crippen molar-refractivity contribution < 1.29 is 9.53 Å². The molecule has 0 aromatic carbocycles. The zero-order chi connectivity index (χ0) is 16.1. The van der Waals surface area contributed by atoms with E-state index in [1.807, 2.05) is 4.90 Å². The molecular weight excluding hydrogens is 310 g/mol. The number of hydrogen-bond donors (Lipinski definition) is 1. The Morgan fingerprint density at radius 3 is 3.04 bits per heavy atom. The lowest BCUT2D eigenvalue weighted by Crippen LogP contribution is -2.48. The summed E-state index contributed by atoms with van der Waals surface area (Å²) in [5.74, 6) is 0. The van der Waals surface area contributed by atoms with Crippen molar-refractivity contribution in [2.45, 2.75) is 44.9 Å². The second-order valence-electron chi connectivity index (χ2n) is 6.49. The van der Waals surface area contributed by atoms with Gasteiger partial charge in [0.25, 0.3) is 0 Å². The summed E-state index contributed by atoms with van der Waals surface area (Å²) in [7, 11) is 0. The van der Waals surface area contributed by atoms with Crippen molar-refractivity contribution in [3.63, 3.8) is 0 Å². The van der Waals surface area contributed by atoms with Crippen molar-refractivity contribution in [1.82, 2.24) is 15.1 Å². The highest BCUT2D eigenvalue weighted by Gasteiger charge is 2.26. The van der Waals surface area contributed by atoms with E-state index in [0.29, 0.717) is 0 Å². The highest BCUT2D eigenvalue weighted by Crippen LogP contribution is 2.16. The van der Waals surface area contributed by atoms with Gasteiger partial charge in [0.1, 0.15) is 0 Å². The standard InChI is InChI=1S/C17H27N3O2S/c1-14(16-6-2-11-22-16)18-17(21)20-8-4-7-19(9-10-20)13-15-5-3-12-23-15/h3,5,12,14,16H,2,4,6-11,13H2,1H3,(H,18,21). The fourth-order valence-corrected chi connectivity index (χ4v) is 4.08. The smallest absolute Gasteiger partial charge is 0.317 e. The number of carbonyl (C=O) groups is 1. The van der Waals surface area contributed by atoms with Crippen LogP contribution in [0.4, 0.5) is 4.79 Å². The van der Waals surface area contributed by atoms with Crippen molar-refractivity contribution in [2.24, 2.45) is 0 Å². The molecule has 2 aliphatic rings. The molecule has 2 unspecified atom stereocenters. The minimum Gasteiger partial charge on any atom is -0.376 e. The van der Waals surface area contributed by atoms with Gasteiger partial charge in [0.2, 0.25) is 0 Å².